The molecule has 3 nitrogen and oxygen atoms in total. The zero-order valence-corrected chi connectivity index (χ0v) is 6.13. The molecule has 10 heavy (non-hydrogen) atoms. The highest BCUT2D eigenvalue weighted by Gasteiger charge is 2.03. The summed E-state index contributed by atoms with van der Waals surface area (Å²) < 4.78 is 1.60. The average molecular weight is 135 g/mol. The summed E-state index contributed by atoms with van der Waals surface area (Å²) in [5.74, 6) is 0. The Balaban J connectivity index is 3.17. The first-order chi connectivity index (χ1) is 4.79. The van der Waals surface area contributed by atoms with Crippen molar-refractivity contribution in [1.29, 1.82) is 5.26 Å². The second-order valence-corrected chi connectivity index (χ2v) is 2.11. The van der Waals surface area contributed by atoms with Gasteiger partial charge in [0.25, 0.3) is 0 Å². The van der Waals surface area contributed by atoms with Crippen LogP contribution in [0.5, 0.6) is 0 Å². The lowest BCUT2D eigenvalue weighted by atomic mass is 10.2. The minimum atomic E-state index is 0.669. The number of aromatic nitrogens is 2. The summed E-state index contributed by atoms with van der Waals surface area (Å²) in [6.07, 6.45) is 2.61. The Hall–Kier alpha value is -1.30. The molecule has 0 radical (unpaired) electrons. The lowest BCUT2D eigenvalue weighted by Crippen LogP contribution is -1.94. The van der Waals surface area contributed by atoms with E-state index in [1.54, 1.807) is 17.9 Å². The van der Waals surface area contributed by atoms with Gasteiger partial charge in [-0.15, -0.1) is 0 Å². The van der Waals surface area contributed by atoms with E-state index < -0.39 is 0 Å². The van der Waals surface area contributed by atoms with Crippen LogP contribution in [0.4, 0.5) is 0 Å². The molecular weight excluding hydrogens is 126 g/mol. The van der Waals surface area contributed by atoms with Gasteiger partial charge in [0.1, 0.15) is 11.8 Å². The van der Waals surface area contributed by atoms with Gasteiger partial charge in [0, 0.05) is 12.6 Å². The van der Waals surface area contributed by atoms with Gasteiger partial charge in [0.15, 0.2) is 0 Å². The summed E-state index contributed by atoms with van der Waals surface area (Å²) in [5.41, 5.74) is 1.69. The predicted octanol–water partition coefficient (Wildman–Crippen LogP) is 0.854. The van der Waals surface area contributed by atoms with Crippen LogP contribution in [-0.2, 0) is 13.5 Å². The molecule has 0 saturated carbocycles. The molecule has 0 aromatic carbocycles. The van der Waals surface area contributed by atoms with Crippen LogP contribution in [0.3, 0.4) is 0 Å². The summed E-state index contributed by atoms with van der Waals surface area (Å²) in [6.45, 7) is 2.01. The molecule has 1 aromatic rings. The third-order valence-corrected chi connectivity index (χ3v) is 1.50. The lowest BCUT2D eigenvalue weighted by Gasteiger charge is -1.90. The molecule has 3 heteroatoms. The SMILES string of the molecule is CCc1cnn(C)c1C#N. The zero-order valence-electron chi connectivity index (χ0n) is 6.13. The van der Waals surface area contributed by atoms with E-state index in [1.165, 1.54) is 0 Å². The summed E-state index contributed by atoms with van der Waals surface area (Å²) >= 11 is 0. The first kappa shape index (κ1) is 6.81. The maximum atomic E-state index is 8.61. The Morgan fingerprint density at radius 3 is 2.90 bits per heavy atom. The fourth-order valence-corrected chi connectivity index (χ4v) is 0.886. The van der Waals surface area contributed by atoms with Crippen molar-refractivity contribution in [3.63, 3.8) is 0 Å². The van der Waals surface area contributed by atoms with E-state index in [9.17, 15) is 0 Å². The lowest BCUT2D eigenvalue weighted by molar-refractivity contribution is 0.754. The van der Waals surface area contributed by atoms with Crippen LogP contribution in [0, 0.1) is 11.3 Å². The number of aryl methyl sites for hydroxylation is 2. The highest BCUT2D eigenvalue weighted by Crippen LogP contribution is 2.05. The second kappa shape index (κ2) is 2.53. The van der Waals surface area contributed by atoms with Crippen molar-refractivity contribution in [3.05, 3.63) is 17.5 Å². The molecule has 0 spiro atoms. The molecular formula is C7H9N3. The topological polar surface area (TPSA) is 41.6 Å². The zero-order chi connectivity index (χ0) is 7.56. The maximum Gasteiger partial charge on any atom is 0.141 e. The number of rotatable bonds is 1. The highest BCUT2D eigenvalue weighted by atomic mass is 15.3. The van der Waals surface area contributed by atoms with E-state index in [2.05, 4.69) is 11.2 Å². The van der Waals surface area contributed by atoms with Crippen LogP contribution < -0.4 is 0 Å². The minimum Gasteiger partial charge on any atom is -0.258 e. The Morgan fingerprint density at radius 1 is 1.80 bits per heavy atom. The van der Waals surface area contributed by atoms with E-state index in [1.807, 2.05) is 6.92 Å². The van der Waals surface area contributed by atoms with Crippen molar-refractivity contribution in [1.82, 2.24) is 9.78 Å². The van der Waals surface area contributed by atoms with E-state index in [0.29, 0.717) is 5.69 Å². The number of nitrogens with zero attached hydrogens (tertiary/aromatic N) is 3. The molecule has 1 aromatic heterocycles. The molecule has 0 aliphatic carbocycles. The van der Waals surface area contributed by atoms with Crippen molar-refractivity contribution in [2.45, 2.75) is 13.3 Å². The van der Waals surface area contributed by atoms with Crippen LogP contribution in [0.25, 0.3) is 0 Å². The molecule has 0 unspecified atom stereocenters. The van der Waals surface area contributed by atoms with Crippen molar-refractivity contribution in [3.8, 4) is 6.07 Å². The van der Waals surface area contributed by atoms with E-state index in [0.717, 1.165) is 12.0 Å². The summed E-state index contributed by atoms with van der Waals surface area (Å²) in [7, 11) is 1.78. The van der Waals surface area contributed by atoms with Gasteiger partial charge in [-0.1, -0.05) is 6.92 Å². The predicted molar refractivity (Wildman–Crippen MR) is 37.3 cm³/mol. The molecule has 0 bridgehead atoms. The van der Waals surface area contributed by atoms with Crippen molar-refractivity contribution < 1.29 is 0 Å². The first-order valence-corrected chi connectivity index (χ1v) is 3.20. The maximum absolute atomic E-state index is 8.61. The summed E-state index contributed by atoms with van der Waals surface area (Å²) in [5, 5.41) is 12.6. The third kappa shape index (κ3) is 0.883. The van der Waals surface area contributed by atoms with Crippen LogP contribution in [0.1, 0.15) is 18.2 Å². The van der Waals surface area contributed by atoms with Crippen molar-refractivity contribution in [2.75, 3.05) is 0 Å². The smallest absolute Gasteiger partial charge is 0.141 e. The summed E-state index contributed by atoms with van der Waals surface area (Å²) in [6, 6.07) is 2.10. The Bertz CT molecular complexity index is 267. The third-order valence-electron chi connectivity index (χ3n) is 1.50. The number of nitriles is 1. The van der Waals surface area contributed by atoms with Gasteiger partial charge >= 0.3 is 0 Å². The number of hydrogen-bond donors (Lipinski definition) is 0. The quantitative estimate of drug-likeness (QED) is 0.573. The molecule has 0 aliphatic rings. The van der Waals surface area contributed by atoms with Crippen LogP contribution in [0.2, 0.25) is 0 Å². The normalized spacial score (nSPS) is 9.30. The van der Waals surface area contributed by atoms with Gasteiger partial charge in [0.2, 0.25) is 0 Å². The largest absolute Gasteiger partial charge is 0.258 e. The first-order valence-electron chi connectivity index (χ1n) is 3.20. The summed E-state index contributed by atoms with van der Waals surface area (Å²) in [4.78, 5) is 0. The Kier molecular flexibility index (Phi) is 1.72. The van der Waals surface area contributed by atoms with E-state index in [-0.39, 0.29) is 0 Å². The monoisotopic (exact) mass is 135 g/mol. The minimum absolute atomic E-state index is 0.669. The number of hydrogen-bond acceptors (Lipinski definition) is 2. The van der Waals surface area contributed by atoms with Gasteiger partial charge in [-0.25, -0.2) is 0 Å². The molecule has 0 aliphatic heterocycles. The molecule has 1 heterocycles. The van der Waals surface area contributed by atoms with E-state index >= 15 is 0 Å². The highest BCUT2D eigenvalue weighted by molar-refractivity contribution is 5.29. The van der Waals surface area contributed by atoms with Gasteiger partial charge in [-0.3, -0.25) is 4.68 Å². The van der Waals surface area contributed by atoms with Gasteiger partial charge in [-0.2, -0.15) is 10.4 Å². The molecule has 0 fully saturated rings. The molecule has 0 N–H and O–H groups in total. The van der Waals surface area contributed by atoms with Crippen LogP contribution in [-0.4, -0.2) is 9.78 Å². The molecule has 1 rings (SSSR count). The molecule has 0 atom stereocenters. The van der Waals surface area contributed by atoms with Gasteiger partial charge < -0.3 is 0 Å². The van der Waals surface area contributed by atoms with Crippen molar-refractivity contribution >= 4 is 0 Å². The molecule has 52 valence electrons. The van der Waals surface area contributed by atoms with Crippen LogP contribution in [0.15, 0.2) is 6.20 Å². The van der Waals surface area contributed by atoms with Crippen LogP contribution >= 0.6 is 0 Å². The Morgan fingerprint density at radius 2 is 2.50 bits per heavy atom. The standard InChI is InChI=1S/C7H9N3/c1-3-6-5-9-10(2)7(6)4-8/h5H,3H2,1-2H3. The second-order valence-electron chi connectivity index (χ2n) is 2.11. The fraction of sp³-hybridized carbons (Fsp3) is 0.429. The average Bonchev–Trinajstić information content (AvgIpc) is 2.30. The van der Waals surface area contributed by atoms with Gasteiger partial charge in [-0.05, 0) is 6.42 Å². The molecule has 0 saturated heterocycles. The fourth-order valence-electron chi connectivity index (χ4n) is 0.886. The Labute approximate surface area is 59.9 Å². The van der Waals surface area contributed by atoms with Crippen molar-refractivity contribution in [2.24, 2.45) is 7.05 Å². The van der Waals surface area contributed by atoms with E-state index in [4.69, 9.17) is 5.26 Å². The molecule has 0 amide bonds. The van der Waals surface area contributed by atoms with Gasteiger partial charge in [0.05, 0.1) is 6.20 Å².